The SMILES string of the molecule is O[P]1(c2ccccc2CCl)CCCC1. The van der Waals surface area contributed by atoms with Crippen molar-refractivity contribution in [1.29, 1.82) is 0 Å². The Hall–Kier alpha value is -0.100. The van der Waals surface area contributed by atoms with Crippen LogP contribution < -0.4 is 5.30 Å². The summed E-state index contributed by atoms with van der Waals surface area (Å²) < 4.78 is 0. The van der Waals surface area contributed by atoms with Crippen molar-refractivity contribution in [2.24, 2.45) is 0 Å². The van der Waals surface area contributed by atoms with Crippen LogP contribution in [0.4, 0.5) is 0 Å². The third-order valence-electron chi connectivity index (χ3n) is 2.89. The zero-order chi connectivity index (χ0) is 10.0. The highest BCUT2D eigenvalue weighted by Crippen LogP contribution is 2.59. The molecule has 1 aromatic rings. The number of hydrogen-bond acceptors (Lipinski definition) is 1. The summed E-state index contributed by atoms with van der Waals surface area (Å²) in [6.07, 6.45) is 4.31. The van der Waals surface area contributed by atoms with Crippen molar-refractivity contribution < 1.29 is 4.89 Å². The van der Waals surface area contributed by atoms with Crippen LogP contribution >= 0.6 is 19.1 Å². The molecular formula is C11H15ClOP. The molecule has 1 nitrogen and oxygen atoms in total. The van der Waals surface area contributed by atoms with E-state index in [9.17, 15) is 4.89 Å². The monoisotopic (exact) mass is 229 g/mol. The van der Waals surface area contributed by atoms with Crippen molar-refractivity contribution in [3.8, 4) is 0 Å². The van der Waals surface area contributed by atoms with E-state index in [0.29, 0.717) is 5.88 Å². The van der Waals surface area contributed by atoms with E-state index in [1.807, 2.05) is 18.2 Å². The molecule has 77 valence electrons. The number of benzene rings is 1. The van der Waals surface area contributed by atoms with Crippen LogP contribution in [0.2, 0.25) is 0 Å². The number of alkyl halides is 1. The number of hydrogen-bond donors (Lipinski definition) is 1. The molecule has 1 aliphatic heterocycles. The fourth-order valence-corrected chi connectivity index (χ4v) is 5.71. The van der Waals surface area contributed by atoms with Crippen molar-refractivity contribution in [2.75, 3.05) is 12.3 Å². The smallest absolute Gasteiger partial charge is 0.0481 e. The predicted molar refractivity (Wildman–Crippen MR) is 63.7 cm³/mol. The molecular weight excluding hydrogens is 215 g/mol. The molecule has 1 radical (unpaired) electrons. The molecule has 1 aromatic carbocycles. The fourth-order valence-electron chi connectivity index (χ4n) is 2.13. The molecule has 0 amide bonds. The van der Waals surface area contributed by atoms with E-state index in [1.54, 1.807) is 0 Å². The average Bonchev–Trinajstić information content (AvgIpc) is 2.66. The van der Waals surface area contributed by atoms with Crippen molar-refractivity contribution in [1.82, 2.24) is 0 Å². The summed E-state index contributed by atoms with van der Waals surface area (Å²) in [5.41, 5.74) is 1.12. The van der Waals surface area contributed by atoms with E-state index >= 15 is 0 Å². The van der Waals surface area contributed by atoms with Crippen LogP contribution in [0.15, 0.2) is 24.3 Å². The quantitative estimate of drug-likeness (QED) is 0.611. The zero-order valence-electron chi connectivity index (χ0n) is 8.12. The molecule has 0 unspecified atom stereocenters. The first-order valence-electron chi connectivity index (χ1n) is 5.00. The first-order valence-corrected chi connectivity index (χ1v) is 7.65. The average molecular weight is 230 g/mol. The highest BCUT2D eigenvalue weighted by molar-refractivity contribution is 7.78. The van der Waals surface area contributed by atoms with Gasteiger partial charge in [-0.2, -0.15) is 0 Å². The molecule has 3 heteroatoms. The summed E-state index contributed by atoms with van der Waals surface area (Å²) in [5.74, 6) is 0.512. The van der Waals surface area contributed by atoms with Gasteiger partial charge in [0.1, 0.15) is 0 Å². The van der Waals surface area contributed by atoms with Crippen LogP contribution in [0.1, 0.15) is 18.4 Å². The van der Waals surface area contributed by atoms with Gasteiger partial charge in [0.15, 0.2) is 0 Å². The lowest BCUT2D eigenvalue weighted by Gasteiger charge is -2.27. The Morgan fingerprint density at radius 1 is 1.21 bits per heavy atom. The van der Waals surface area contributed by atoms with Crippen molar-refractivity contribution in [3.05, 3.63) is 29.8 Å². The summed E-state index contributed by atoms with van der Waals surface area (Å²) in [6.45, 7) is 0. The molecule has 14 heavy (non-hydrogen) atoms. The van der Waals surface area contributed by atoms with Gasteiger partial charge in [-0.05, 0) is 30.7 Å². The van der Waals surface area contributed by atoms with E-state index in [4.69, 9.17) is 11.6 Å². The summed E-state index contributed by atoms with van der Waals surface area (Å²) in [6, 6.07) is 8.07. The minimum Gasteiger partial charge on any atom is -0.375 e. The lowest BCUT2D eigenvalue weighted by Crippen LogP contribution is -2.16. The number of halogens is 1. The number of rotatable bonds is 2. The maximum atomic E-state index is 10.5. The van der Waals surface area contributed by atoms with Crippen LogP contribution in [0.5, 0.6) is 0 Å². The Bertz CT molecular complexity index is 321. The first kappa shape index (κ1) is 10.4. The zero-order valence-corrected chi connectivity index (χ0v) is 9.77. The van der Waals surface area contributed by atoms with Gasteiger partial charge in [-0.15, -0.1) is 11.6 Å². The van der Waals surface area contributed by atoms with Gasteiger partial charge < -0.3 is 4.89 Å². The molecule has 2 rings (SSSR count). The second kappa shape index (κ2) is 4.18. The molecule has 0 atom stereocenters. The van der Waals surface area contributed by atoms with E-state index in [2.05, 4.69) is 6.07 Å². The molecule has 1 fully saturated rings. The summed E-state index contributed by atoms with van der Waals surface area (Å²) >= 11 is 5.88. The van der Waals surface area contributed by atoms with Crippen molar-refractivity contribution in [2.45, 2.75) is 18.7 Å². The Morgan fingerprint density at radius 2 is 1.86 bits per heavy atom. The normalized spacial score (nSPS) is 19.9. The third kappa shape index (κ3) is 1.82. The summed E-state index contributed by atoms with van der Waals surface area (Å²) in [5, 5.41) is 1.15. The maximum Gasteiger partial charge on any atom is 0.0481 e. The predicted octanol–water partition coefficient (Wildman–Crippen LogP) is 2.77. The Kier molecular flexibility index (Phi) is 3.11. The molecule has 0 aromatic heterocycles. The largest absolute Gasteiger partial charge is 0.375 e. The van der Waals surface area contributed by atoms with E-state index in [-0.39, 0.29) is 0 Å². The van der Waals surface area contributed by atoms with Gasteiger partial charge >= 0.3 is 0 Å². The van der Waals surface area contributed by atoms with E-state index in [0.717, 1.165) is 23.2 Å². The molecule has 0 aliphatic carbocycles. The Labute approximate surface area is 90.5 Å². The van der Waals surface area contributed by atoms with Crippen LogP contribution in [0, 0.1) is 0 Å². The van der Waals surface area contributed by atoms with Gasteiger partial charge in [0.05, 0.1) is 0 Å². The minimum atomic E-state index is -1.81. The highest BCUT2D eigenvalue weighted by atomic mass is 35.5. The standard InChI is InChI=1S/C11H15ClOP/c12-9-10-5-1-2-6-11(10)14(13)7-3-4-8-14/h1-2,5-6,13H,3-4,7-9H2. The van der Waals surface area contributed by atoms with Gasteiger partial charge in [0.2, 0.25) is 0 Å². The lowest BCUT2D eigenvalue weighted by atomic mass is 10.2. The third-order valence-corrected chi connectivity index (χ3v) is 6.62. The minimum absolute atomic E-state index is 0.512. The van der Waals surface area contributed by atoms with Crippen LogP contribution in [-0.2, 0) is 5.88 Å². The topological polar surface area (TPSA) is 20.2 Å². The molecule has 1 heterocycles. The van der Waals surface area contributed by atoms with E-state index < -0.39 is 7.49 Å². The first-order chi connectivity index (χ1) is 6.76. The molecule has 0 bridgehead atoms. The summed E-state index contributed by atoms with van der Waals surface area (Å²) in [4.78, 5) is 10.5. The van der Waals surface area contributed by atoms with E-state index in [1.165, 1.54) is 12.8 Å². The van der Waals surface area contributed by atoms with Crippen LogP contribution in [0.3, 0.4) is 0 Å². The second-order valence-corrected chi connectivity index (χ2v) is 7.33. The van der Waals surface area contributed by atoms with Gasteiger partial charge in [-0.1, -0.05) is 24.3 Å². The summed E-state index contributed by atoms with van der Waals surface area (Å²) in [7, 11) is -1.81. The molecule has 1 saturated heterocycles. The van der Waals surface area contributed by atoms with Gasteiger partial charge in [0, 0.05) is 18.7 Å². The Morgan fingerprint density at radius 3 is 2.50 bits per heavy atom. The van der Waals surface area contributed by atoms with Crippen molar-refractivity contribution in [3.63, 3.8) is 0 Å². The van der Waals surface area contributed by atoms with Gasteiger partial charge in [0.25, 0.3) is 0 Å². The fraction of sp³-hybridized carbons (Fsp3) is 0.455. The maximum absolute atomic E-state index is 10.5. The Balaban J connectivity index is 2.39. The molecule has 1 N–H and O–H groups in total. The lowest BCUT2D eigenvalue weighted by molar-refractivity contribution is 0.617. The second-order valence-electron chi connectivity index (χ2n) is 3.84. The van der Waals surface area contributed by atoms with Crippen LogP contribution in [0.25, 0.3) is 0 Å². The highest BCUT2D eigenvalue weighted by Gasteiger charge is 2.32. The molecule has 0 spiro atoms. The molecule has 0 saturated carbocycles. The van der Waals surface area contributed by atoms with Crippen LogP contribution in [-0.4, -0.2) is 17.2 Å². The molecule has 1 aliphatic rings. The van der Waals surface area contributed by atoms with Crippen molar-refractivity contribution >= 4 is 24.4 Å². The van der Waals surface area contributed by atoms with Gasteiger partial charge in [-0.25, -0.2) is 0 Å². The van der Waals surface area contributed by atoms with Gasteiger partial charge in [-0.3, -0.25) is 0 Å².